The number of ether oxygens (including phenoxy) is 1. The molecule has 0 radical (unpaired) electrons. The molecule has 2 rings (SSSR count). The van der Waals surface area contributed by atoms with Gasteiger partial charge >= 0.3 is 0 Å². The number of primary amides is 1. The Balaban J connectivity index is 1.86. The van der Waals surface area contributed by atoms with Crippen LogP contribution >= 0.6 is 0 Å². The number of benzene rings is 2. The molecular formula is C21H25N3O4. The van der Waals surface area contributed by atoms with Gasteiger partial charge in [-0.25, -0.2) is 0 Å². The molecule has 3 amide bonds. The molecule has 0 aliphatic carbocycles. The van der Waals surface area contributed by atoms with Crippen LogP contribution in [-0.4, -0.2) is 30.4 Å². The van der Waals surface area contributed by atoms with Crippen molar-refractivity contribution in [2.75, 3.05) is 6.61 Å². The maximum absolute atomic E-state index is 12.2. The Kier molecular flexibility index (Phi) is 7.56. The molecule has 0 saturated heterocycles. The zero-order valence-electron chi connectivity index (χ0n) is 16.0. The summed E-state index contributed by atoms with van der Waals surface area (Å²) in [5.41, 5.74) is 6.88. The topological polar surface area (TPSA) is 111 Å². The molecule has 0 aromatic heterocycles. The Hall–Kier alpha value is -3.35. The average molecular weight is 383 g/mol. The molecular weight excluding hydrogens is 358 g/mol. The van der Waals surface area contributed by atoms with Crippen molar-refractivity contribution >= 4 is 17.7 Å². The van der Waals surface area contributed by atoms with Crippen LogP contribution in [0.3, 0.4) is 0 Å². The number of hydrogen-bond acceptors (Lipinski definition) is 4. The zero-order chi connectivity index (χ0) is 20.5. The maximum atomic E-state index is 12.2. The van der Waals surface area contributed by atoms with E-state index in [0.717, 1.165) is 12.0 Å². The van der Waals surface area contributed by atoms with Crippen LogP contribution in [0, 0.1) is 0 Å². The van der Waals surface area contributed by atoms with Gasteiger partial charge in [-0.2, -0.15) is 0 Å². The summed E-state index contributed by atoms with van der Waals surface area (Å²) in [7, 11) is 0. The highest BCUT2D eigenvalue weighted by Gasteiger charge is 2.10. The smallest absolute Gasteiger partial charge is 0.258 e. The molecule has 1 atom stereocenters. The van der Waals surface area contributed by atoms with Gasteiger partial charge in [0, 0.05) is 23.7 Å². The van der Waals surface area contributed by atoms with Crippen molar-refractivity contribution < 1.29 is 19.1 Å². The molecule has 0 aliphatic rings. The fourth-order valence-corrected chi connectivity index (χ4v) is 2.37. The first-order chi connectivity index (χ1) is 13.4. The van der Waals surface area contributed by atoms with E-state index in [4.69, 9.17) is 10.5 Å². The van der Waals surface area contributed by atoms with E-state index in [9.17, 15) is 14.4 Å². The molecule has 7 heteroatoms. The van der Waals surface area contributed by atoms with Gasteiger partial charge in [0.15, 0.2) is 6.61 Å². The van der Waals surface area contributed by atoms with Crippen LogP contribution < -0.4 is 21.1 Å². The first-order valence-corrected chi connectivity index (χ1v) is 9.08. The number of nitrogens with two attached hydrogens (primary N) is 1. The Morgan fingerprint density at radius 1 is 1.07 bits per heavy atom. The highest BCUT2D eigenvalue weighted by Crippen LogP contribution is 2.12. The summed E-state index contributed by atoms with van der Waals surface area (Å²) in [5, 5.41) is 5.65. The minimum Gasteiger partial charge on any atom is -0.484 e. The predicted octanol–water partition coefficient (Wildman–Crippen LogP) is 2.01. The molecule has 148 valence electrons. The summed E-state index contributed by atoms with van der Waals surface area (Å²) in [4.78, 5) is 35.4. The van der Waals surface area contributed by atoms with Gasteiger partial charge in [0.05, 0.1) is 0 Å². The highest BCUT2D eigenvalue weighted by atomic mass is 16.5. The fraction of sp³-hybridized carbons (Fsp3) is 0.286. The van der Waals surface area contributed by atoms with Crippen molar-refractivity contribution in [3.8, 4) is 5.75 Å². The second-order valence-corrected chi connectivity index (χ2v) is 6.44. The molecule has 2 aromatic carbocycles. The maximum Gasteiger partial charge on any atom is 0.258 e. The molecule has 7 nitrogen and oxygen atoms in total. The zero-order valence-corrected chi connectivity index (χ0v) is 16.0. The van der Waals surface area contributed by atoms with Gasteiger partial charge in [-0.05, 0) is 49.2 Å². The van der Waals surface area contributed by atoms with Gasteiger partial charge < -0.3 is 21.1 Å². The van der Waals surface area contributed by atoms with Gasteiger partial charge in [0.25, 0.3) is 11.8 Å². The Labute approximate surface area is 164 Å². The number of hydrogen-bond donors (Lipinski definition) is 3. The van der Waals surface area contributed by atoms with E-state index < -0.39 is 5.91 Å². The molecule has 1 unspecified atom stereocenters. The van der Waals surface area contributed by atoms with E-state index in [2.05, 4.69) is 10.6 Å². The predicted molar refractivity (Wildman–Crippen MR) is 106 cm³/mol. The lowest BCUT2D eigenvalue weighted by molar-refractivity contribution is -0.123. The first-order valence-electron chi connectivity index (χ1n) is 9.08. The van der Waals surface area contributed by atoms with Crippen LogP contribution in [0.5, 0.6) is 5.75 Å². The van der Waals surface area contributed by atoms with Crippen LogP contribution in [0.2, 0.25) is 0 Å². The Bertz CT molecular complexity index is 851. The summed E-state index contributed by atoms with van der Waals surface area (Å²) < 4.78 is 5.38. The monoisotopic (exact) mass is 383 g/mol. The lowest BCUT2D eigenvalue weighted by Gasteiger charge is -2.12. The van der Waals surface area contributed by atoms with Crippen molar-refractivity contribution in [1.29, 1.82) is 0 Å². The van der Waals surface area contributed by atoms with Crippen molar-refractivity contribution in [3.63, 3.8) is 0 Å². The van der Waals surface area contributed by atoms with Crippen molar-refractivity contribution in [3.05, 3.63) is 65.2 Å². The van der Waals surface area contributed by atoms with Gasteiger partial charge in [0.1, 0.15) is 5.75 Å². The average Bonchev–Trinajstić information content (AvgIpc) is 2.71. The number of nitrogens with one attached hydrogen (secondary N) is 2. The third-order valence-corrected chi connectivity index (χ3v) is 4.16. The molecule has 28 heavy (non-hydrogen) atoms. The second-order valence-electron chi connectivity index (χ2n) is 6.44. The fourth-order valence-electron chi connectivity index (χ4n) is 2.37. The van der Waals surface area contributed by atoms with Crippen LogP contribution in [0.25, 0.3) is 0 Å². The first kappa shape index (κ1) is 21.0. The number of carbonyl (C=O) groups excluding carboxylic acids is 3. The third kappa shape index (κ3) is 6.42. The van der Waals surface area contributed by atoms with Crippen molar-refractivity contribution in [2.24, 2.45) is 5.73 Å². The third-order valence-electron chi connectivity index (χ3n) is 4.16. The van der Waals surface area contributed by atoms with Crippen LogP contribution in [-0.2, 0) is 11.3 Å². The second kappa shape index (κ2) is 10.1. The van der Waals surface area contributed by atoms with E-state index >= 15 is 0 Å². The summed E-state index contributed by atoms with van der Waals surface area (Å²) in [6, 6.07) is 13.5. The normalized spacial score (nSPS) is 11.4. The lowest BCUT2D eigenvalue weighted by atomic mass is 10.1. The van der Waals surface area contributed by atoms with E-state index in [1.807, 2.05) is 19.9 Å². The summed E-state index contributed by atoms with van der Waals surface area (Å²) in [6.45, 7) is 4.02. The Morgan fingerprint density at radius 2 is 1.79 bits per heavy atom. The van der Waals surface area contributed by atoms with Crippen molar-refractivity contribution in [2.45, 2.75) is 32.9 Å². The van der Waals surface area contributed by atoms with E-state index in [-0.39, 0.29) is 31.0 Å². The molecule has 0 aliphatic heterocycles. The van der Waals surface area contributed by atoms with E-state index in [1.165, 1.54) is 6.07 Å². The van der Waals surface area contributed by atoms with E-state index in [1.54, 1.807) is 36.4 Å². The van der Waals surface area contributed by atoms with Gasteiger partial charge in [-0.15, -0.1) is 0 Å². The summed E-state index contributed by atoms with van der Waals surface area (Å²) in [5.74, 6) is -0.638. The van der Waals surface area contributed by atoms with Gasteiger partial charge in [-0.1, -0.05) is 25.1 Å². The molecule has 0 spiro atoms. The minimum atomic E-state index is -0.563. The van der Waals surface area contributed by atoms with E-state index in [0.29, 0.717) is 16.9 Å². The largest absolute Gasteiger partial charge is 0.484 e. The quantitative estimate of drug-likeness (QED) is 0.615. The Morgan fingerprint density at radius 3 is 2.50 bits per heavy atom. The van der Waals surface area contributed by atoms with Crippen LogP contribution in [0.1, 0.15) is 46.5 Å². The number of carbonyl (C=O) groups is 3. The number of amides is 3. The lowest BCUT2D eigenvalue weighted by Crippen LogP contribution is -2.32. The summed E-state index contributed by atoms with van der Waals surface area (Å²) >= 11 is 0. The van der Waals surface area contributed by atoms with Crippen LogP contribution in [0.4, 0.5) is 0 Å². The highest BCUT2D eigenvalue weighted by molar-refractivity contribution is 5.94. The molecule has 0 bridgehead atoms. The SMILES string of the molecule is CCC(C)NC(=O)c1cccc(CNC(=O)COc2cccc(C(N)=O)c2)c1. The number of rotatable bonds is 9. The van der Waals surface area contributed by atoms with Gasteiger partial charge in [-0.3, -0.25) is 14.4 Å². The summed E-state index contributed by atoms with van der Waals surface area (Å²) in [6.07, 6.45) is 0.851. The molecule has 0 heterocycles. The minimum absolute atomic E-state index is 0.0982. The molecule has 0 saturated carbocycles. The molecule has 4 N–H and O–H groups in total. The molecule has 2 aromatic rings. The van der Waals surface area contributed by atoms with Crippen LogP contribution in [0.15, 0.2) is 48.5 Å². The van der Waals surface area contributed by atoms with Crippen molar-refractivity contribution in [1.82, 2.24) is 10.6 Å². The molecule has 0 fully saturated rings. The standard InChI is InChI=1S/C21H25N3O4/c1-3-14(2)24-21(27)17-8-4-6-15(10-17)12-23-19(25)13-28-18-9-5-7-16(11-18)20(22)26/h4-11,14H,3,12-13H2,1-2H3,(H2,22,26)(H,23,25)(H,24,27). The van der Waals surface area contributed by atoms with Gasteiger partial charge in [0.2, 0.25) is 5.91 Å².